The first-order valence-corrected chi connectivity index (χ1v) is 6.08. The largest absolute Gasteiger partial charge is 0.478 e. The number of hydrogen-bond donors (Lipinski definition) is 1. The zero-order valence-electron chi connectivity index (χ0n) is 10.5. The molecular formula is C15H12ClFO2. The van der Waals surface area contributed by atoms with Crippen molar-refractivity contribution in [1.82, 2.24) is 0 Å². The molecule has 0 radical (unpaired) electrons. The van der Waals surface area contributed by atoms with Gasteiger partial charge in [0.2, 0.25) is 0 Å². The average Bonchev–Trinajstić information content (AvgIpc) is 2.32. The first-order chi connectivity index (χ1) is 8.90. The summed E-state index contributed by atoms with van der Waals surface area (Å²) >= 11 is 6.06. The van der Waals surface area contributed by atoms with Crippen molar-refractivity contribution in [3.05, 3.63) is 57.9 Å². The fourth-order valence-electron chi connectivity index (χ4n) is 2.08. The molecule has 0 aliphatic carbocycles. The molecule has 98 valence electrons. The van der Waals surface area contributed by atoms with Crippen LogP contribution in [-0.4, -0.2) is 11.1 Å². The lowest BCUT2D eigenvalue weighted by Crippen LogP contribution is -2.01. The van der Waals surface area contributed by atoms with Crippen molar-refractivity contribution >= 4 is 17.6 Å². The minimum atomic E-state index is -1.01. The Bertz CT molecular complexity index is 665. The van der Waals surface area contributed by atoms with E-state index in [1.54, 1.807) is 13.0 Å². The first-order valence-electron chi connectivity index (χ1n) is 5.70. The van der Waals surface area contributed by atoms with Gasteiger partial charge in [0, 0.05) is 10.6 Å². The zero-order valence-corrected chi connectivity index (χ0v) is 11.3. The SMILES string of the molecule is Cc1cc(C)c(-c2cc(F)ccc2Cl)cc1C(=O)O. The fourth-order valence-corrected chi connectivity index (χ4v) is 2.30. The second-order valence-corrected chi connectivity index (χ2v) is 4.82. The van der Waals surface area contributed by atoms with Crippen molar-refractivity contribution in [1.29, 1.82) is 0 Å². The highest BCUT2D eigenvalue weighted by Gasteiger charge is 2.14. The van der Waals surface area contributed by atoms with Gasteiger partial charge in [0.05, 0.1) is 5.56 Å². The maximum absolute atomic E-state index is 13.3. The summed E-state index contributed by atoms with van der Waals surface area (Å²) in [6.45, 7) is 3.57. The minimum absolute atomic E-state index is 0.195. The first kappa shape index (κ1) is 13.6. The Morgan fingerprint density at radius 2 is 1.79 bits per heavy atom. The van der Waals surface area contributed by atoms with Gasteiger partial charge in [-0.15, -0.1) is 0 Å². The zero-order chi connectivity index (χ0) is 14.2. The highest BCUT2D eigenvalue weighted by atomic mass is 35.5. The second-order valence-electron chi connectivity index (χ2n) is 4.41. The van der Waals surface area contributed by atoms with Crippen LogP contribution in [0.5, 0.6) is 0 Å². The molecule has 0 unspecified atom stereocenters. The summed E-state index contributed by atoms with van der Waals surface area (Å²) in [6.07, 6.45) is 0. The smallest absolute Gasteiger partial charge is 0.335 e. The van der Waals surface area contributed by atoms with Crippen LogP contribution >= 0.6 is 11.6 Å². The van der Waals surface area contributed by atoms with Gasteiger partial charge in [-0.05, 0) is 54.8 Å². The third-order valence-electron chi connectivity index (χ3n) is 3.02. The van der Waals surface area contributed by atoms with Crippen LogP contribution in [0.4, 0.5) is 4.39 Å². The molecule has 0 heterocycles. The highest BCUT2D eigenvalue weighted by molar-refractivity contribution is 6.33. The Labute approximate surface area is 115 Å². The molecular weight excluding hydrogens is 267 g/mol. The van der Waals surface area contributed by atoms with Crippen molar-refractivity contribution in [2.75, 3.05) is 0 Å². The standard InChI is InChI=1S/C15H12ClFO2/c1-8-5-9(2)12(15(18)19)7-11(8)13-6-10(17)3-4-14(13)16/h3-7H,1-2H3,(H,18,19). The molecule has 0 aliphatic heterocycles. The van der Waals surface area contributed by atoms with Crippen LogP contribution in [0.3, 0.4) is 0 Å². The summed E-state index contributed by atoms with van der Waals surface area (Å²) in [5.41, 5.74) is 2.85. The predicted molar refractivity (Wildman–Crippen MR) is 73.3 cm³/mol. The molecule has 0 spiro atoms. The molecule has 0 fully saturated rings. The van der Waals surface area contributed by atoms with Gasteiger partial charge >= 0.3 is 5.97 Å². The van der Waals surface area contributed by atoms with E-state index in [2.05, 4.69) is 0 Å². The molecule has 0 saturated heterocycles. The monoisotopic (exact) mass is 278 g/mol. The van der Waals surface area contributed by atoms with Crippen molar-refractivity contribution in [3.63, 3.8) is 0 Å². The Morgan fingerprint density at radius 3 is 2.42 bits per heavy atom. The molecule has 1 N–H and O–H groups in total. The number of halogens is 2. The molecule has 2 aromatic rings. The van der Waals surface area contributed by atoms with E-state index >= 15 is 0 Å². The molecule has 0 aromatic heterocycles. The molecule has 0 bridgehead atoms. The number of carbonyl (C=O) groups is 1. The molecule has 2 aromatic carbocycles. The lowest BCUT2D eigenvalue weighted by Gasteiger charge is -2.11. The molecule has 0 aliphatic rings. The third kappa shape index (κ3) is 2.61. The van der Waals surface area contributed by atoms with Crippen LogP contribution in [0.25, 0.3) is 11.1 Å². The van der Waals surface area contributed by atoms with Gasteiger partial charge in [0.1, 0.15) is 5.82 Å². The van der Waals surface area contributed by atoms with Gasteiger partial charge < -0.3 is 5.11 Å². The van der Waals surface area contributed by atoms with E-state index in [0.29, 0.717) is 21.7 Å². The van der Waals surface area contributed by atoms with Gasteiger partial charge in [-0.25, -0.2) is 9.18 Å². The minimum Gasteiger partial charge on any atom is -0.478 e. The normalized spacial score (nSPS) is 10.5. The van der Waals surface area contributed by atoms with Gasteiger partial charge in [0.25, 0.3) is 0 Å². The summed E-state index contributed by atoms with van der Waals surface area (Å²) in [4.78, 5) is 11.2. The topological polar surface area (TPSA) is 37.3 Å². The van der Waals surface area contributed by atoms with E-state index in [4.69, 9.17) is 16.7 Å². The molecule has 0 amide bonds. The van der Waals surface area contributed by atoms with E-state index in [-0.39, 0.29) is 5.56 Å². The molecule has 0 saturated carbocycles. The summed E-state index contributed by atoms with van der Waals surface area (Å²) < 4.78 is 13.3. The van der Waals surface area contributed by atoms with Gasteiger partial charge in [-0.2, -0.15) is 0 Å². The predicted octanol–water partition coefficient (Wildman–Crippen LogP) is 4.46. The summed E-state index contributed by atoms with van der Waals surface area (Å²) in [7, 11) is 0. The number of carboxylic acid groups (broad SMARTS) is 1. The van der Waals surface area contributed by atoms with Crippen LogP contribution in [0.1, 0.15) is 21.5 Å². The van der Waals surface area contributed by atoms with Crippen molar-refractivity contribution in [2.45, 2.75) is 13.8 Å². The quantitative estimate of drug-likeness (QED) is 0.880. The number of rotatable bonds is 2. The Hall–Kier alpha value is -1.87. The third-order valence-corrected chi connectivity index (χ3v) is 3.35. The van der Waals surface area contributed by atoms with E-state index in [1.807, 2.05) is 6.92 Å². The van der Waals surface area contributed by atoms with E-state index < -0.39 is 11.8 Å². The van der Waals surface area contributed by atoms with E-state index in [0.717, 1.165) is 5.56 Å². The van der Waals surface area contributed by atoms with Crippen molar-refractivity contribution in [2.24, 2.45) is 0 Å². The second kappa shape index (κ2) is 5.02. The number of carboxylic acids is 1. The maximum Gasteiger partial charge on any atom is 0.335 e. The molecule has 2 nitrogen and oxygen atoms in total. The molecule has 2 rings (SSSR count). The molecule has 0 atom stereocenters. The fraction of sp³-hybridized carbons (Fsp3) is 0.133. The van der Waals surface area contributed by atoms with Crippen LogP contribution in [0, 0.1) is 19.7 Å². The maximum atomic E-state index is 13.3. The number of hydrogen-bond acceptors (Lipinski definition) is 1. The number of aromatic carboxylic acids is 1. The van der Waals surface area contributed by atoms with Gasteiger partial charge in [-0.1, -0.05) is 17.7 Å². The highest BCUT2D eigenvalue weighted by Crippen LogP contribution is 2.32. The number of aryl methyl sites for hydroxylation is 2. The summed E-state index contributed by atoms with van der Waals surface area (Å²) in [5.74, 6) is -1.41. The van der Waals surface area contributed by atoms with Crippen LogP contribution in [0.2, 0.25) is 5.02 Å². The summed E-state index contributed by atoms with van der Waals surface area (Å²) in [6, 6.07) is 7.35. The Morgan fingerprint density at radius 1 is 1.11 bits per heavy atom. The molecule has 19 heavy (non-hydrogen) atoms. The lowest BCUT2D eigenvalue weighted by molar-refractivity contribution is 0.0696. The van der Waals surface area contributed by atoms with Crippen molar-refractivity contribution < 1.29 is 14.3 Å². The Balaban J connectivity index is 2.71. The Kier molecular flexibility index (Phi) is 3.58. The average molecular weight is 279 g/mol. The van der Waals surface area contributed by atoms with Crippen LogP contribution in [-0.2, 0) is 0 Å². The van der Waals surface area contributed by atoms with Crippen LogP contribution < -0.4 is 0 Å². The van der Waals surface area contributed by atoms with Gasteiger partial charge in [-0.3, -0.25) is 0 Å². The van der Waals surface area contributed by atoms with Gasteiger partial charge in [0.15, 0.2) is 0 Å². The molecule has 4 heteroatoms. The van der Waals surface area contributed by atoms with Crippen molar-refractivity contribution in [3.8, 4) is 11.1 Å². The van der Waals surface area contributed by atoms with Crippen LogP contribution in [0.15, 0.2) is 30.3 Å². The van der Waals surface area contributed by atoms with E-state index in [9.17, 15) is 9.18 Å². The lowest BCUT2D eigenvalue weighted by atomic mass is 9.95. The number of benzene rings is 2. The summed E-state index contributed by atoms with van der Waals surface area (Å²) in [5, 5.41) is 9.54. The van der Waals surface area contributed by atoms with E-state index in [1.165, 1.54) is 24.3 Å².